The minimum atomic E-state index is -1.29. The van der Waals surface area contributed by atoms with Crippen LogP contribution in [0.1, 0.15) is 128 Å². The van der Waals surface area contributed by atoms with E-state index >= 15 is 0 Å². The first-order valence-corrected chi connectivity index (χ1v) is 35.5. The lowest BCUT2D eigenvalue weighted by Gasteiger charge is -2.37. The van der Waals surface area contributed by atoms with Gasteiger partial charge in [-0.1, -0.05) is 38.6 Å². The lowest BCUT2D eigenvalue weighted by atomic mass is 9.99. The Hall–Kier alpha value is -9.44. The quantitative estimate of drug-likeness (QED) is 0.0189. The maximum absolute atomic E-state index is 13.7. The van der Waals surface area contributed by atoms with Crippen LogP contribution in [-0.2, 0) is 87.7 Å². The van der Waals surface area contributed by atoms with Gasteiger partial charge in [0.05, 0.1) is 56.3 Å². The normalized spacial score (nSPS) is 14.5. The predicted octanol–water partition coefficient (Wildman–Crippen LogP) is 4.15. The van der Waals surface area contributed by atoms with Crippen molar-refractivity contribution in [3.63, 3.8) is 0 Å². The number of carboxylic acid groups (broad SMARTS) is 2. The monoisotopic (exact) mass is 1460 g/mol. The summed E-state index contributed by atoms with van der Waals surface area (Å²) in [6.07, 6.45) is 6.68. The molecule has 102 heavy (non-hydrogen) atoms. The van der Waals surface area contributed by atoms with Crippen molar-refractivity contribution in [3.8, 4) is 0 Å². The molecule has 4 aromatic heterocycles. The Balaban J connectivity index is 0.0000164. The summed E-state index contributed by atoms with van der Waals surface area (Å²) in [4.78, 5) is 171. The van der Waals surface area contributed by atoms with Gasteiger partial charge >= 0.3 is 23.9 Å². The lowest BCUT2D eigenvalue weighted by Crippen LogP contribution is -2.42. The molecule has 14 N–H and O–H groups in total. The number of amides is 4. The number of hydrogen-bond donors (Lipinski definition) is 12. The molecular weight excluding hydrogens is 1360 g/mol. The van der Waals surface area contributed by atoms with Crippen molar-refractivity contribution >= 4 is 117 Å². The summed E-state index contributed by atoms with van der Waals surface area (Å²) in [6.45, 7) is 3.42. The minimum absolute atomic E-state index is 0. The summed E-state index contributed by atoms with van der Waals surface area (Å²) < 4.78 is 27.4. The number of thioether (sulfide) groups is 2. The second-order valence-electron chi connectivity index (χ2n) is 24.1. The van der Waals surface area contributed by atoms with Gasteiger partial charge in [-0.2, -0.15) is 33.5 Å². The number of ketones is 2. The SMILES string of the molecule is C.CCC(CSC1CCC1SCC(CC(=O)CCOCCC(C)=O)C(=O)NCCOCCOC(=O)[C@@H](CCC(=O)O)NC(=O)c1ccc(CCc2c[nH]c3nc(N)[nH]c(=O)c23)cc1)C(=O)NCCOCCOC(=O)[C@@H](CCC(=O)O)NC(=O)c1ccc(CCc2c[nH]c3nc(N)[nH]c(=O)c23)cc1. The molecule has 4 heterocycles. The molecule has 1 saturated carbocycles. The highest BCUT2D eigenvalue weighted by molar-refractivity contribution is 8.04. The molecular formula is C69H92N12O19S2. The third-order valence-electron chi connectivity index (χ3n) is 16.6. The third-order valence-corrected chi connectivity index (χ3v) is 19.9. The van der Waals surface area contributed by atoms with Gasteiger partial charge in [-0.15, -0.1) is 0 Å². The number of aromatic nitrogens is 6. The number of carboxylic acids is 2. The fraction of sp³-hybridized carbons (Fsp3) is 0.507. The first kappa shape index (κ1) is 81.5. The van der Waals surface area contributed by atoms with Crippen LogP contribution in [0.3, 0.4) is 0 Å². The van der Waals surface area contributed by atoms with Crippen LogP contribution in [0, 0.1) is 11.8 Å². The number of aliphatic carboxylic acids is 2. The minimum Gasteiger partial charge on any atom is -0.481 e. The number of rotatable bonds is 47. The number of nitrogens with two attached hydrogens (primary N) is 2. The van der Waals surface area contributed by atoms with E-state index < -0.39 is 66.5 Å². The molecule has 0 saturated heterocycles. The van der Waals surface area contributed by atoms with Crippen LogP contribution in [0.5, 0.6) is 0 Å². The first-order valence-electron chi connectivity index (χ1n) is 33.4. The van der Waals surface area contributed by atoms with Crippen molar-refractivity contribution < 1.29 is 81.8 Å². The topological polar surface area (TPSA) is 481 Å². The lowest BCUT2D eigenvalue weighted by molar-refractivity contribution is -0.149. The van der Waals surface area contributed by atoms with Crippen LogP contribution in [-0.4, -0.2) is 199 Å². The van der Waals surface area contributed by atoms with Gasteiger partial charge in [-0.05, 0) is 111 Å². The molecule has 1 aliphatic rings. The van der Waals surface area contributed by atoms with Gasteiger partial charge in [0, 0.05) is 96.6 Å². The number of carbonyl (C=O) groups is 10. The Kier molecular flexibility index (Phi) is 33.6. The van der Waals surface area contributed by atoms with E-state index in [1.165, 1.54) is 6.92 Å². The van der Waals surface area contributed by atoms with Gasteiger partial charge < -0.3 is 76.6 Å². The number of Topliss-reactive ketones (excluding diaryl/α,β-unsaturated/α-hetero) is 2. The fourth-order valence-electron chi connectivity index (χ4n) is 10.7. The van der Waals surface area contributed by atoms with E-state index in [-0.39, 0.29) is 179 Å². The van der Waals surface area contributed by atoms with E-state index in [0.717, 1.165) is 35.1 Å². The average molecular weight is 1460 g/mol. The molecule has 33 heteroatoms. The van der Waals surface area contributed by atoms with Crippen molar-refractivity contribution in [2.45, 2.75) is 134 Å². The number of nitrogens with zero attached hydrogens (tertiary/aromatic N) is 2. The van der Waals surface area contributed by atoms with Crippen molar-refractivity contribution in [1.82, 2.24) is 51.2 Å². The standard InChI is InChI=1S/C68H88N12O19S2.CH4/c1-3-42(59(87)71-24-28-96-30-32-98-65(93)49(16-20-53(83)84)75-61(89)43-10-4-40(5-11-43)8-14-45-35-73-57-55(45)63(91)79-67(69)77-57)37-100-51-18-19-52(51)101-38-47(34-48(82)23-27-95-26-22-39(2)81)60(88)72-25-29-97-31-33-99-66(94)50(17-21-54(85)86)76-62(90)44-12-6-41(7-13-44)9-15-46-36-74-58-56(46)64(92)80-68(70)78-58;/h4-7,10-13,35-36,42,47,49-52H,3,8-9,14-34,37-38H2,1-2H3,(H,71,87)(H,72,88)(H,75,89)(H,76,90)(H,83,84)(H,85,86)(H4,69,73,77,79,91)(H4,70,74,78,80,92);1H4/t42?,47?,49-,50-,51?,52?;/m1./s1. The van der Waals surface area contributed by atoms with Crippen molar-refractivity contribution in [2.75, 3.05) is 88.9 Å². The van der Waals surface area contributed by atoms with Gasteiger partial charge in [0.1, 0.15) is 48.2 Å². The number of nitrogens with one attached hydrogen (secondary N) is 8. The number of carbonyl (C=O) groups excluding carboxylic acids is 8. The van der Waals surface area contributed by atoms with Crippen LogP contribution in [0.15, 0.2) is 70.5 Å². The Labute approximate surface area is 596 Å². The largest absolute Gasteiger partial charge is 0.481 e. The molecule has 1 aliphatic carbocycles. The number of ether oxygens (including phenoxy) is 5. The van der Waals surface area contributed by atoms with Gasteiger partial charge in [-0.25, -0.2) is 9.59 Å². The summed E-state index contributed by atoms with van der Waals surface area (Å²) in [7, 11) is 0. The summed E-state index contributed by atoms with van der Waals surface area (Å²) in [5.74, 6) is -6.19. The Morgan fingerprint density at radius 1 is 0.569 bits per heavy atom. The first-order chi connectivity index (χ1) is 48.5. The van der Waals surface area contributed by atoms with Crippen LogP contribution in [0.2, 0.25) is 0 Å². The molecule has 7 rings (SSSR count). The zero-order chi connectivity index (χ0) is 72.8. The number of nitrogen functional groups attached to an aromatic ring is 2. The second kappa shape index (κ2) is 42.1. The van der Waals surface area contributed by atoms with E-state index in [4.69, 9.17) is 35.2 Å². The number of esters is 2. The molecule has 6 aromatic rings. The van der Waals surface area contributed by atoms with Crippen molar-refractivity contribution in [1.29, 1.82) is 0 Å². The highest BCUT2D eigenvalue weighted by Crippen LogP contribution is 2.42. The molecule has 4 amide bonds. The van der Waals surface area contributed by atoms with Crippen LogP contribution < -0.4 is 43.9 Å². The number of anilines is 2. The summed E-state index contributed by atoms with van der Waals surface area (Å²) >= 11 is 3.27. The van der Waals surface area contributed by atoms with E-state index in [0.29, 0.717) is 65.7 Å². The Morgan fingerprint density at radius 3 is 1.41 bits per heavy atom. The zero-order valence-electron chi connectivity index (χ0n) is 56.3. The van der Waals surface area contributed by atoms with Crippen LogP contribution in [0.4, 0.5) is 11.9 Å². The van der Waals surface area contributed by atoms with E-state index in [1.807, 2.05) is 6.92 Å². The zero-order valence-corrected chi connectivity index (χ0v) is 58.0. The molecule has 1 fully saturated rings. The molecule has 4 unspecified atom stereocenters. The summed E-state index contributed by atoms with van der Waals surface area (Å²) in [5, 5.41) is 30.7. The molecule has 2 aromatic carbocycles. The molecule has 31 nitrogen and oxygen atoms in total. The second-order valence-corrected chi connectivity index (χ2v) is 26.7. The number of H-pyrrole nitrogens is 4. The van der Waals surface area contributed by atoms with Crippen molar-refractivity contribution in [3.05, 3.63) is 115 Å². The average Bonchev–Trinajstić information content (AvgIpc) is 1.65. The number of benzene rings is 2. The maximum atomic E-state index is 13.7. The maximum Gasteiger partial charge on any atom is 0.328 e. The predicted molar refractivity (Wildman–Crippen MR) is 382 cm³/mol. The highest BCUT2D eigenvalue weighted by atomic mass is 32.2. The molecule has 554 valence electrons. The Morgan fingerprint density at radius 2 is 0.990 bits per heavy atom. The highest BCUT2D eigenvalue weighted by Gasteiger charge is 2.35. The summed E-state index contributed by atoms with van der Waals surface area (Å²) in [6, 6.07) is 10.7. The molecule has 0 aliphatic heterocycles. The Bertz CT molecular complexity index is 3940. The smallest absolute Gasteiger partial charge is 0.328 e. The van der Waals surface area contributed by atoms with E-state index in [9.17, 15) is 67.7 Å². The van der Waals surface area contributed by atoms with E-state index in [1.54, 1.807) is 84.4 Å². The van der Waals surface area contributed by atoms with Gasteiger partial charge in [0.25, 0.3) is 22.9 Å². The fourth-order valence-corrected chi connectivity index (χ4v) is 14.1. The number of hydrogen-bond acceptors (Lipinski definition) is 23. The van der Waals surface area contributed by atoms with Crippen molar-refractivity contribution in [2.24, 2.45) is 11.8 Å². The van der Waals surface area contributed by atoms with Gasteiger partial charge in [-0.3, -0.25) is 57.9 Å². The third kappa shape index (κ3) is 26.5. The molecule has 6 atom stereocenters. The summed E-state index contributed by atoms with van der Waals surface area (Å²) in [5.41, 5.74) is 15.0. The van der Waals surface area contributed by atoms with Gasteiger partial charge in [0.15, 0.2) is 0 Å². The van der Waals surface area contributed by atoms with Gasteiger partial charge in [0.2, 0.25) is 23.7 Å². The molecule has 0 bridgehead atoms. The number of aryl methyl sites for hydroxylation is 4. The molecule has 0 radical (unpaired) electrons. The van der Waals surface area contributed by atoms with E-state index in [2.05, 4.69) is 51.2 Å². The molecule has 0 spiro atoms. The van der Waals surface area contributed by atoms with Crippen LogP contribution >= 0.6 is 23.5 Å². The number of aromatic amines is 4. The van der Waals surface area contributed by atoms with Crippen LogP contribution in [0.25, 0.3) is 22.1 Å². The number of fused-ring (bicyclic) bond motifs is 2.